The molecule has 2 aliphatic rings. The van der Waals surface area contributed by atoms with Gasteiger partial charge in [0, 0.05) is 24.0 Å². The van der Waals surface area contributed by atoms with E-state index >= 15 is 0 Å². The third-order valence-electron chi connectivity index (χ3n) is 5.21. The molecule has 0 spiro atoms. The highest BCUT2D eigenvalue weighted by molar-refractivity contribution is 5.90. The summed E-state index contributed by atoms with van der Waals surface area (Å²) in [4.78, 5) is 27.8. The molecule has 1 aliphatic carbocycles. The van der Waals surface area contributed by atoms with Crippen molar-refractivity contribution in [2.24, 2.45) is 0 Å². The number of carbonyl (C=O) groups is 2. The van der Waals surface area contributed by atoms with Gasteiger partial charge in [-0.05, 0) is 56.4 Å². The Morgan fingerprint density at radius 2 is 2.00 bits per heavy atom. The first-order valence-electron chi connectivity index (χ1n) is 9.28. The molecule has 2 N–H and O–H groups in total. The molecule has 136 valence electrons. The SMILES string of the molecule is O=C1CCC(C(=O)NC2CCC(Oc3ccc4ncccc4c3)CC2)N1. The van der Waals surface area contributed by atoms with Crippen LogP contribution in [0.25, 0.3) is 10.9 Å². The third kappa shape index (κ3) is 3.79. The van der Waals surface area contributed by atoms with Crippen molar-refractivity contribution in [3.63, 3.8) is 0 Å². The van der Waals surface area contributed by atoms with Crippen molar-refractivity contribution in [2.75, 3.05) is 0 Å². The van der Waals surface area contributed by atoms with Crippen LogP contribution in [-0.2, 0) is 9.59 Å². The molecule has 1 aromatic heterocycles. The monoisotopic (exact) mass is 353 g/mol. The molecule has 1 atom stereocenters. The van der Waals surface area contributed by atoms with E-state index in [1.165, 1.54) is 0 Å². The molecular weight excluding hydrogens is 330 g/mol. The van der Waals surface area contributed by atoms with Crippen LogP contribution in [0, 0.1) is 0 Å². The van der Waals surface area contributed by atoms with Gasteiger partial charge >= 0.3 is 0 Å². The minimum absolute atomic E-state index is 0.0344. The lowest BCUT2D eigenvalue weighted by molar-refractivity contribution is -0.126. The van der Waals surface area contributed by atoms with E-state index in [0.717, 1.165) is 42.3 Å². The van der Waals surface area contributed by atoms with Gasteiger partial charge in [-0.1, -0.05) is 6.07 Å². The zero-order valence-corrected chi connectivity index (χ0v) is 14.6. The molecule has 2 amide bonds. The maximum Gasteiger partial charge on any atom is 0.242 e. The smallest absolute Gasteiger partial charge is 0.242 e. The van der Waals surface area contributed by atoms with Gasteiger partial charge in [0.2, 0.25) is 11.8 Å². The van der Waals surface area contributed by atoms with Crippen LogP contribution >= 0.6 is 0 Å². The Morgan fingerprint density at radius 3 is 2.77 bits per heavy atom. The summed E-state index contributed by atoms with van der Waals surface area (Å²) >= 11 is 0. The van der Waals surface area contributed by atoms with Crippen LogP contribution in [0.2, 0.25) is 0 Å². The van der Waals surface area contributed by atoms with Crippen LogP contribution < -0.4 is 15.4 Å². The second-order valence-electron chi connectivity index (χ2n) is 7.12. The van der Waals surface area contributed by atoms with Gasteiger partial charge in [-0.2, -0.15) is 0 Å². The number of hydrogen-bond acceptors (Lipinski definition) is 4. The van der Waals surface area contributed by atoms with Gasteiger partial charge in [0.1, 0.15) is 11.8 Å². The molecule has 1 unspecified atom stereocenters. The predicted octanol–water partition coefficient (Wildman–Crippen LogP) is 2.32. The lowest BCUT2D eigenvalue weighted by atomic mass is 9.92. The lowest BCUT2D eigenvalue weighted by Crippen LogP contribution is -2.47. The summed E-state index contributed by atoms with van der Waals surface area (Å²) in [6, 6.07) is 9.73. The van der Waals surface area contributed by atoms with Gasteiger partial charge in [0.25, 0.3) is 0 Å². The predicted molar refractivity (Wildman–Crippen MR) is 97.7 cm³/mol. The first kappa shape index (κ1) is 16.8. The Morgan fingerprint density at radius 1 is 1.15 bits per heavy atom. The van der Waals surface area contributed by atoms with Crippen LogP contribution in [0.4, 0.5) is 0 Å². The molecule has 4 rings (SSSR count). The van der Waals surface area contributed by atoms with Gasteiger partial charge < -0.3 is 15.4 Å². The molecule has 2 aromatic rings. The fraction of sp³-hybridized carbons (Fsp3) is 0.450. The number of hydrogen-bond donors (Lipinski definition) is 2. The first-order chi connectivity index (χ1) is 12.7. The minimum atomic E-state index is -0.359. The highest BCUT2D eigenvalue weighted by atomic mass is 16.5. The highest BCUT2D eigenvalue weighted by Gasteiger charge is 2.30. The molecule has 1 aromatic carbocycles. The van der Waals surface area contributed by atoms with E-state index in [9.17, 15) is 9.59 Å². The van der Waals surface area contributed by atoms with Gasteiger partial charge in [0.05, 0.1) is 11.6 Å². The minimum Gasteiger partial charge on any atom is -0.490 e. The van der Waals surface area contributed by atoms with E-state index in [0.29, 0.717) is 12.8 Å². The van der Waals surface area contributed by atoms with Gasteiger partial charge in [-0.25, -0.2) is 0 Å². The molecule has 6 nitrogen and oxygen atoms in total. The average molecular weight is 353 g/mol. The summed E-state index contributed by atoms with van der Waals surface area (Å²) in [6.07, 6.45) is 6.61. The topological polar surface area (TPSA) is 80.3 Å². The van der Waals surface area contributed by atoms with E-state index in [1.54, 1.807) is 6.20 Å². The Hall–Kier alpha value is -2.63. The van der Waals surface area contributed by atoms with Crippen molar-refractivity contribution in [1.82, 2.24) is 15.6 Å². The van der Waals surface area contributed by atoms with Crippen LogP contribution in [0.5, 0.6) is 5.75 Å². The van der Waals surface area contributed by atoms with Crippen molar-refractivity contribution in [3.05, 3.63) is 36.5 Å². The number of nitrogens with one attached hydrogen (secondary N) is 2. The maximum atomic E-state index is 12.2. The summed E-state index contributed by atoms with van der Waals surface area (Å²) in [6.45, 7) is 0. The number of pyridine rings is 1. The molecule has 1 saturated heterocycles. The fourth-order valence-corrected chi connectivity index (χ4v) is 3.76. The molecular formula is C20H23N3O3. The van der Waals surface area contributed by atoms with Crippen molar-refractivity contribution in [3.8, 4) is 5.75 Å². The fourth-order valence-electron chi connectivity index (χ4n) is 3.76. The van der Waals surface area contributed by atoms with Crippen molar-refractivity contribution in [2.45, 2.75) is 56.7 Å². The maximum absolute atomic E-state index is 12.2. The first-order valence-corrected chi connectivity index (χ1v) is 9.28. The van der Waals surface area contributed by atoms with Gasteiger partial charge in [0.15, 0.2) is 0 Å². The summed E-state index contributed by atoms with van der Waals surface area (Å²) in [5, 5.41) is 6.86. The number of nitrogens with zero attached hydrogens (tertiary/aromatic N) is 1. The number of aromatic nitrogens is 1. The molecule has 6 heteroatoms. The molecule has 1 aliphatic heterocycles. The summed E-state index contributed by atoms with van der Waals surface area (Å²) < 4.78 is 6.13. The number of fused-ring (bicyclic) bond motifs is 1. The van der Waals surface area contributed by atoms with E-state index < -0.39 is 0 Å². The van der Waals surface area contributed by atoms with Crippen LogP contribution in [0.3, 0.4) is 0 Å². The van der Waals surface area contributed by atoms with Crippen molar-refractivity contribution in [1.29, 1.82) is 0 Å². The number of carbonyl (C=O) groups excluding carboxylic acids is 2. The average Bonchev–Trinajstić information content (AvgIpc) is 3.10. The number of benzene rings is 1. The van der Waals surface area contributed by atoms with E-state index in [-0.39, 0.29) is 30.0 Å². The molecule has 0 bridgehead atoms. The lowest BCUT2D eigenvalue weighted by Gasteiger charge is -2.30. The van der Waals surface area contributed by atoms with E-state index in [1.807, 2.05) is 30.3 Å². The molecule has 0 radical (unpaired) electrons. The van der Waals surface area contributed by atoms with E-state index in [2.05, 4.69) is 15.6 Å². The van der Waals surface area contributed by atoms with Crippen LogP contribution in [0.1, 0.15) is 38.5 Å². The molecule has 2 heterocycles. The zero-order chi connectivity index (χ0) is 17.9. The number of ether oxygens (including phenoxy) is 1. The normalized spacial score (nSPS) is 25.7. The quantitative estimate of drug-likeness (QED) is 0.884. The molecule has 2 fully saturated rings. The largest absolute Gasteiger partial charge is 0.490 e. The molecule has 26 heavy (non-hydrogen) atoms. The van der Waals surface area contributed by atoms with Gasteiger partial charge in [-0.3, -0.25) is 14.6 Å². The van der Waals surface area contributed by atoms with Crippen LogP contribution in [0.15, 0.2) is 36.5 Å². The zero-order valence-electron chi connectivity index (χ0n) is 14.6. The van der Waals surface area contributed by atoms with E-state index in [4.69, 9.17) is 4.74 Å². The number of amides is 2. The second-order valence-corrected chi connectivity index (χ2v) is 7.12. The Bertz CT molecular complexity index is 815. The Labute approximate surface area is 152 Å². The standard InChI is InChI=1S/C20H23N3O3/c24-19-10-9-18(23-19)20(25)22-14-3-5-15(6-4-14)26-16-7-8-17-13(12-16)2-1-11-21-17/h1-2,7-8,11-12,14-15,18H,3-6,9-10H2,(H,22,25)(H,23,24). The van der Waals surface area contributed by atoms with Crippen LogP contribution in [-0.4, -0.2) is 35.0 Å². The number of rotatable bonds is 4. The highest BCUT2D eigenvalue weighted by Crippen LogP contribution is 2.26. The molecule has 1 saturated carbocycles. The summed E-state index contributed by atoms with van der Waals surface area (Å²) in [5.74, 6) is 0.779. The summed E-state index contributed by atoms with van der Waals surface area (Å²) in [7, 11) is 0. The second kappa shape index (κ2) is 7.32. The Balaban J connectivity index is 1.27. The van der Waals surface area contributed by atoms with Crippen molar-refractivity contribution < 1.29 is 14.3 Å². The van der Waals surface area contributed by atoms with Gasteiger partial charge in [-0.15, -0.1) is 0 Å². The van der Waals surface area contributed by atoms with Crippen molar-refractivity contribution >= 4 is 22.7 Å². The third-order valence-corrected chi connectivity index (χ3v) is 5.21. The summed E-state index contributed by atoms with van der Waals surface area (Å²) in [5.41, 5.74) is 0.963. The Kier molecular flexibility index (Phi) is 4.73.